The molecule has 6 heteroatoms. The van der Waals surface area contributed by atoms with Crippen LogP contribution in [-0.2, 0) is 6.54 Å². The minimum absolute atomic E-state index is 0.525. The Morgan fingerprint density at radius 2 is 2.27 bits per heavy atom. The number of nitrogens with zero attached hydrogens (tertiary/aromatic N) is 4. The van der Waals surface area contributed by atoms with Gasteiger partial charge in [-0.25, -0.2) is 20.5 Å². The van der Waals surface area contributed by atoms with Gasteiger partial charge in [0.25, 0.3) is 0 Å². The lowest BCUT2D eigenvalue weighted by atomic mass is 10.2. The lowest BCUT2D eigenvalue weighted by Crippen LogP contribution is -2.10. The maximum absolute atomic E-state index is 5.35. The second-order valence-electron chi connectivity index (χ2n) is 3.82. The molecule has 0 aliphatic heterocycles. The number of hydrogen-bond acceptors (Lipinski definition) is 5. The van der Waals surface area contributed by atoms with Crippen LogP contribution in [0.25, 0.3) is 11.0 Å². The van der Waals surface area contributed by atoms with Crippen molar-refractivity contribution in [3.8, 4) is 0 Å². The zero-order valence-corrected chi connectivity index (χ0v) is 8.81. The average molecular weight is 206 g/mol. The normalized spacial score (nSPS) is 11.2. The summed E-state index contributed by atoms with van der Waals surface area (Å²) >= 11 is 0. The second kappa shape index (κ2) is 3.82. The highest BCUT2D eigenvalue weighted by atomic mass is 15.3. The quantitative estimate of drug-likeness (QED) is 0.572. The van der Waals surface area contributed by atoms with Crippen LogP contribution in [-0.4, -0.2) is 19.7 Å². The van der Waals surface area contributed by atoms with Crippen LogP contribution in [0.4, 0.5) is 5.82 Å². The molecule has 0 aliphatic rings. The van der Waals surface area contributed by atoms with E-state index >= 15 is 0 Å². The molecule has 2 heterocycles. The molecule has 0 saturated heterocycles. The van der Waals surface area contributed by atoms with Gasteiger partial charge in [0.15, 0.2) is 11.5 Å². The molecule has 2 rings (SSSR count). The lowest BCUT2D eigenvalue weighted by molar-refractivity contribution is 0.492. The molecular weight excluding hydrogens is 192 g/mol. The number of nitrogens with one attached hydrogen (secondary N) is 1. The number of anilines is 1. The summed E-state index contributed by atoms with van der Waals surface area (Å²) in [4.78, 5) is 8.21. The van der Waals surface area contributed by atoms with Crippen molar-refractivity contribution in [2.24, 2.45) is 11.8 Å². The summed E-state index contributed by atoms with van der Waals surface area (Å²) in [5.74, 6) is 6.48. The van der Waals surface area contributed by atoms with Gasteiger partial charge in [0.05, 0.1) is 11.6 Å². The van der Waals surface area contributed by atoms with E-state index in [0.29, 0.717) is 11.7 Å². The van der Waals surface area contributed by atoms with Crippen molar-refractivity contribution in [3.05, 3.63) is 12.5 Å². The molecule has 0 spiro atoms. The maximum atomic E-state index is 5.35. The summed E-state index contributed by atoms with van der Waals surface area (Å²) in [5, 5.41) is 5.11. The molecule has 0 aliphatic carbocycles. The average Bonchev–Trinajstić information content (AvgIpc) is 2.61. The van der Waals surface area contributed by atoms with E-state index in [9.17, 15) is 0 Å². The van der Waals surface area contributed by atoms with Gasteiger partial charge in [-0.3, -0.25) is 0 Å². The van der Waals surface area contributed by atoms with E-state index in [4.69, 9.17) is 5.84 Å². The van der Waals surface area contributed by atoms with E-state index in [1.165, 1.54) is 6.33 Å². The van der Waals surface area contributed by atoms with E-state index in [-0.39, 0.29) is 0 Å². The number of aromatic nitrogens is 4. The van der Waals surface area contributed by atoms with Crippen molar-refractivity contribution in [2.75, 3.05) is 5.43 Å². The van der Waals surface area contributed by atoms with E-state index in [2.05, 4.69) is 34.3 Å². The smallest absolute Gasteiger partial charge is 0.163 e. The number of nitrogen functional groups attached to an aromatic ring is 1. The first-order valence-corrected chi connectivity index (χ1v) is 4.85. The summed E-state index contributed by atoms with van der Waals surface area (Å²) in [6.07, 6.45) is 3.21. The SMILES string of the molecule is CC(C)Cn1ncc2c(NN)ncnc21. The Kier molecular flexibility index (Phi) is 2.51. The molecule has 2 aromatic rings. The van der Waals surface area contributed by atoms with Crippen LogP contribution in [0, 0.1) is 5.92 Å². The number of hydrogen-bond donors (Lipinski definition) is 2. The molecule has 6 nitrogen and oxygen atoms in total. The summed E-state index contributed by atoms with van der Waals surface area (Å²) in [6, 6.07) is 0. The Morgan fingerprint density at radius 3 is 2.93 bits per heavy atom. The Bertz CT molecular complexity index is 461. The molecule has 15 heavy (non-hydrogen) atoms. The Balaban J connectivity index is 2.51. The minimum Gasteiger partial charge on any atom is -0.308 e. The first-order chi connectivity index (χ1) is 7.22. The molecule has 0 unspecified atom stereocenters. The summed E-state index contributed by atoms with van der Waals surface area (Å²) in [7, 11) is 0. The fraction of sp³-hybridized carbons (Fsp3) is 0.444. The molecular formula is C9H14N6. The van der Waals surface area contributed by atoms with Gasteiger partial charge < -0.3 is 5.43 Å². The van der Waals surface area contributed by atoms with Gasteiger partial charge in [0, 0.05) is 6.54 Å². The minimum atomic E-state index is 0.525. The van der Waals surface area contributed by atoms with Crippen LogP contribution in [0.2, 0.25) is 0 Å². The predicted molar refractivity (Wildman–Crippen MR) is 58.0 cm³/mol. The van der Waals surface area contributed by atoms with Crippen molar-refractivity contribution < 1.29 is 0 Å². The van der Waals surface area contributed by atoms with Gasteiger partial charge in [-0.15, -0.1) is 0 Å². The molecule has 0 aromatic carbocycles. The van der Waals surface area contributed by atoms with Crippen molar-refractivity contribution in [1.82, 2.24) is 19.7 Å². The molecule has 0 fully saturated rings. The van der Waals surface area contributed by atoms with Crippen molar-refractivity contribution in [2.45, 2.75) is 20.4 Å². The van der Waals surface area contributed by atoms with E-state index in [0.717, 1.165) is 17.6 Å². The third kappa shape index (κ3) is 1.75. The molecule has 0 bridgehead atoms. The lowest BCUT2D eigenvalue weighted by Gasteiger charge is -2.05. The fourth-order valence-electron chi connectivity index (χ4n) is 1.49. The van der Waals surface area contributed by atoms with Crippen LogP contribution in [0.5, 0.6) is 0 Å². The Hall–Kier alpha value is -1.69. The summed E-state index contributed by atoms with van der Waals surface area (Å²) in [6.45, 7) is 5.11. The molecule has 0 radical (unpaired) electrons. The monoisotopic (exact) mass is 206 g/mol. The van der Waals surface area contributed by atoms with Crippen LogP contribution in [0.15, 0.2) is 12.5 Å². The maximum Gasteiger partial charge on any atom is 0.163 e. The van der Waals surface area contributed by atoms with Gasteiger partial charge in [0.1, 0.15) is 6.33 Å². The third-order valence-electron chi connectivity index (χ3n) is 2.11. The highest BCUT2D eigenvalue weighted by molar-refractivity contribution is 5.85. The van der Waals surface area contributed by atoms with Gasteiger partial charge in [-0.2, -0.15) is 5.10 Å². The van der Waals surface area contributed by atoms with Gasteiger partial charge in [-0.05, 0) is 5.92 Å². The number of fused-ring (bicyclic) bond motifs is 1. The van der Waals surface area contributed by atoms with Gasteiger partial charge in [0.2, 0.25) is 0 Å². The Morgan fingerprint density at radius 1 is 1.47 bits per heavy atom. The molecule has 0 saturated carbocycles. The molecule has 80 valence electrons. The number of nitrogens with two attached hydrogens (primary N) is 1. The van der Waals surface area contributed by atoms with Gasteiger partial charge >= 0.3 is 0 Å². The van der Waals surface area contributed by atoms with E-state index in [1.54, 1.807) is 6.20 Å². The first kappa shape index (κ1) is 9.85. The zero-order chi connectivity index (χ0) is 10.8. The molecule has 0 atom stereocenters. The van der Waals surface area contributed by atoms with Crippen LogP contribution in [0.3, 0.4) is 0 Å². The van der Waals surface area contributed by atoms with E-state index < -0.39 is 0 Å². The van der Waals surface area contributed by atoms with Crippen molar-refractivity contribution >= 4 is 16.9 Å². The largest absolute Gasteiger partial charge is 0.308 e. The van der Waals surface area contributed by atoms with Crippen LogP contribution >= 0.6 is 0 Å². The molecule has 3 N–H and O–H groups in total. The number of hydrazine groups is 1. The fourth-order valence-corrected chi connectivity index (χ4v) is 1.49. The zero-order valence-electron chi connectivity index (χ0n) is 8.81. The van der Waals surface area contributed by atoms with E-state index in [1.807, 2.05) is 4.68 Å². The highest BCUT2D eigenvalue weighted by Crippen LogP contribution is 2.17. The van der Waals surface area contributed by atoms with Crippen molar-refractivity contribution in [3.63, 3.8) is 0 Å². The van der Waals surface area contributed by atoms with Crippen LogP contribution < -0.4 is 11.3 Å². The number of rotatable bonds is 3. The molecule has 2 aromatic heterocycles. The highest BCUT2D eigenvalue weighted by Gasteiger charge is 2.09. The molecule has 0 amide bonds. The second-order valence-corrected chi connectivity index (χ2v) is 3.82. The standard InChI is InChI=1S/C9H14N6/c1-6(2)4-15-9-7(3-13-15)8(14-10)11-5-12-9/h3,5-6H,4,10H2,1-2H3,(H,11,12,14). The third-order valence-corrected chi connectivity index (χ3v) is 2.11. The Labute approximate surface area is 87.5 Å². The summed E-state index contributed by atoms with van der Waals surface area (Å²) in [5.41, 5.74) is 3.34. The predicted octanol–water partition coefficient (Wildman–Crippen LogP) is 0.768. The van der Waals surface area contributed by atoms with Crippen molar-refractivity contribution in [1.29, 1.82) is 0 Å². The first-order valence-electron chi connectivity index (χ1n) is 4.85. The van der Waals surface area contributed by atoms with Gasteiger partial charge in [-0.1, -0.05) is 13.8 Å². The summed E-state index contributed by atoms with van der Waals surface area (Å²) < 4.78 is 1.86. The van der Waals surface area contributed by atoms with Crippen LogP contribution in [0.1, 0.15) is 13.8 Å². The topological polar surface area (TPSA) is 81.7 Å².